The van der Waals surface area contributed by atoms with Gasteiger partial charge in [0, 0.05) is 6.04 Å². The van der Waals surface area contributed by atoms with E-state index in [9.17, 15) is 14.9 Å². The van der Waals surface area contributed by atoms with E-state index >= 15 is 0 Å². The first kappa shape index (κ1) is 13.9. The molecule has 0 heterocycles. The van der Waals surface area contributed by atoms with Gasteiger partial charge in [0.2, 0.25) is 11.8 Å². The normalized spacial score (nSPS) is 21.8. The van der Waals surface area contributed by atoms with Gasteiger partial charge in [-0.3, -0.25) is 9.59 Å². The van der Waals surface area contributed by atoms with Crippen molar-refractivity contribution in [2.75, 3.05) is 6.54 Å². The Bertz CT molecular complexity index is 388. The van der Waals surface area contributed by atoms with Gasteiger partial charge >= 0.3 is 0 Å². The predicted octanol–water partition coefficient (Wildman–Crippen LogP) is 1.25. The molecule has 0 unspecified atom stereocenters. The summed E-state index contributed by atoms with van der Waals surface area (Å²) in [5.41, 5.74) is -0.920. The van der Waals surface area contributed by atoms with Gasteiger partial charge < -0.3 is 10.6 Å². The Hall–Kier alpha value is -1.57. The summed E-state index contributed by atoms with van der Waals surface area (Å²) in [4.78, 5) is 23.7. The maximum atomic E-state index is 12.2. The fourth-order valence-corrected chi connectivity index (χ4v) is 2.56. The standard InChI is InChI=1S/C14H21N3O2/c15-10-14(7-3-1-2-4-8-14)13(19)16-9-12(18)17-11-5-6-11/h11H,1-9H2,(H,16,19)(H,17,18). The zero-order valence-electron chi connectivity index (χ0n) is 11.2. The molecule has 0 spiro atoms. The lowest BCUT2D eigenvalue weighted by Crippen LogP contribution is -2.44. The van der Waals surface area contributed by atoms with E-state index in [2.05, 4.69) is 16.7 Å². The molecule has 2 amide bonds. The minimum Gasteiger partial charge on any atom is -0.352 e. The lowest BCUT2D eigenvalue weighted by Gasteiger charge is -2.23. The van der Waals surface area contributed by atoms with Gasteiger partial charge in [-0.05, 0) is 25.7 Å². The van der Waals surface area contributed by atoms with Crippen LogP contribution in [0, 0.1) is 16.7 Å². The maximum Gasteiger partial charge on any atom is 0.240 e. The maximum absolute atomic E-state index is 12.2. The molecule has 0 aromatic heterocycles. The van der Waals surface area contributed by atoms with Crippen LogP contribution in [0.5, 0.6) is 0 Å². The molecule has 0 atom stereocenters. The first-order valence-electron chi connectivity index (χ1n) is 7.15. The van der Waals surface area contributed by atoms with E-state index in [1.807, 2.05) is 0 Å². The van der Waals surface area contributed by atoms with Crippen molar-refractivity contribution in [1.29, 1.82) is 5.26 Å². The molecule has 0 aliphatic heterocycles. The second kappa shape index (κ2) is 6.05. The molecule has 5 nitrogen and oxygen atoms in total. The van der Waals surface area contributed by atoms with E-state index in [0.717, 1.165) is 38.5 Å². The number of carbonyl (C=O) groups is 2. The SMILES string of the molecule is N#CC1(C(=O)NCC(=O)NC2CC2)CCCCCC1. The minimum atomic E-state index is -0.920. The van der Waals surface area contributed by atoms with Crippen molar-refractivity contribution < 1.29 is 9.59 Å². The Morgan fingerprint density at radius 3 is 2.32 bits per heavy atom. The molecule has 0 aromatic rings. The monoisotopic (exact) mass is 263 g/mol. The zero-order valence-corrected chi connectivity index (χ0v) is 11.2. The summed E-state index contributed by atoms with van der Waals surface area (Å²) in [5.74, 6) is -0.430. The lowest BCUT2D eigenvalue weighted by molar-refractivity contribution is -0.131. The Balaban J connectivity index is 1.85. The van der Waals surface area contributed by atoms with Crippen LogP contribution in [0.4, 0.5) is 0 Å². The van der Waals surface area contributed by atoms with Crippen molar-refractivity contribution >= 4 is 11.8 Å². The average Bonchev–Trinajstić information content (AvgIpc) is 3.22. The van der Waals surface area contributed by atoms with Gasteiger partial charge in [-0.1, -0.05) is 25.7 Å². The first-order chi connectivity index (χ1) is 9.16. The molecule has 2 fully saturated rings. The van der Waals surface area contributed by atoms with Crippen molar-refractivity contribution in [3.05, 3.63) is 0 Å². The summed E-state index contributed by atoms with van der Waals surface area (Å²) in [5, 5.41) is 14.8. The summed E-state index contributed by atoms with van der Waals surface area (Å²) in [6, 6.07) is 2.49. The first-order valence-corrected chi connectivity index (χ1v) is 7.15. The number of hydrogen-bond acceptors (Lipinski definition) is 3. The van der Waals surface area contributed by atoms with Gasteiger partial charge in [0.05, 0.1) is 12.6 Å². The molecule has 2 aliphatic carbocycles. The Morgan fingerprint density at radius 1 is 1.16 bits per heavy atom. The van der Waals surface area contributed by atoms with Crippen molar-refractivity contribution in [2.45, 2.75) is 57.4 Å². The fourth-order valence-electron chi connectivity index (χ4n) is 2.56. The van der Waals surface area contributed by atoms with Crippen molar-refractivity contribution in [1.82, 2.24) is 10.6 Å². The van der Waals surface area contributed by atoms with Crippen LogP contribution in [0.2, 0.25) is 0 Å². The van der Waals surface area contributed by atoms with Crippen LogP contribution in [-0.4, -0.2) is 24.4 Å². The van der Waals surface area contributed by atoms with E-state index in [-0.39, 0.29) is 18.4 Å². The highest BCUT2D eigenvalue weighted by atomic mass is 16.2. The fraction of sp³-hybridized carbons (Fsp3) is 0.786. The molecule has 2 aliphatic rings. The molecule has 5 heteroatoms. The van der Waals surface area contributed by atoms with E-state index in [0.29, 0.717) is 18.9 Å². The average molecular weight is 263 g/mol. The number of nitrogens with one attached hydrogen (secondary N) is 2. The van der Waals surface area contributed by atoms with Crippen molar-refractivity contribution in [3.8, 4) is 6.07 Å². The molecule has 2 N–H and O–H groups in total. The Labute approximate surface area is 113 Å². The second-order valence-electron chi connectivity index (χ2n) is 5.63. The summed E-state index contributed by atoms with van der Waals surface area (Å²) in [6.07, 6.45) is 7.27. The Kier molecular flexibility index (Phi) is 4.41. The zero-order chi connectivity index (χ0) is 13.7. The van der Waals surface area contributed by atoms with Crippen molar-refractivity contribution in [3.63, 3.8) is 0 Å². The third kappa shape index (κ3) is 3.69. The highest BCUT2D eigenvalue weighted by Crippen LogP contribution is 2.34. The number of rotatable bonds is 4. The molecule has 0 saturated heterocycles. The van der Waals surface area contributed by atoms with E-state index in [4.69, 9.17) is 0 Å². The molecule has 0 radical (unpaired) electrons. The summed E-state index contributed by atoms with van der Waals surface area (Å²) >= 11 is 0. The van der Waals surface area contributed by atoms with Gasteiger partial charge in [-0.25, -0.2) is 0 Å². The third-order valence-electron chi connectivity index (χ3n) is 3.96. The molecular weight excluding hydrogens is 242 g/mol. The van der Waals surface area contributed by atoms with Gasteiger partial charge in [0.15, 0.2) is 0 Å². The minimum absolute atomic E-state index is 0.0151. The smallest absolute Gasteiger partial charge is 0.240 e. The number of hydrogen-bond donors (Lipinski definition) is 2. The molecular formula is C14H21N3O2. The van der Waals surface area contributed by atoms with Gasteiger partial charge in [0.25, 0.3) is 0 Å². The van der Waals surface area contributed by atoms with Crippen LogP contribution >= 0.6 is 0 Å². The van der Waals surface area contributed by atoms with E-state index in [1.165, 1.54) is 0 Å². The largest absolute Gasteiger partial charge is 0.352 e. The van der Waals surface area contributed by atoms with E-state index < -0.39 is 5.41 Å². The molecule has 2 rings (SSSR count). The molecule has 104 valence electrons. The third-order valence-corrected chi connectivity index (χ3v) is 3.96. The van der Waals surface area contributed by atoms with Crippen LogP contribution in [-0.2, 0) is 9.59 Å². The molecule has 2 saturated carbocycles. The second-order valence-corrected chi connectivity index (χ2v) is 5.63. The highest BCUT2D eigenvalue weighted by Gasteiger charge is 2.38. The molecule has 0 bridgehead atoms. The topological polar surface area (TPSA) is 82.0 Å². The van der Waals surface area contributed by atoms with Crippen LogP contribution in [0.3, 0.4) is 0 Å². The van der Waals surface area contributed by atoms with Crippen LogP contribution < -0.4 is 10.6 Å². The molecule has 0 aromatic carbocycles. The van der Waals surface area contributed by atoms with Crippen LogP contribution in [0.25, 0.3) is 0 Å². The quantitative estimate of drug-likeness (QED) is 0.749. The summed E-state index contributed by atoms with van der Waals surface area (Å²) in [6.45, 7) is -0.0151. The number of carbonyl (C=O) groups excluding carboxylic acids is 2. The number of amides is 2. The number of nitrogens with zero attached hydrogens (tertiary/aromatic N) is 1. The predicted molar refractivity (Wildman–Crippen MR) is 69.9 cm³/mol. The van der Waals surface area contributed by atoms with Crippen LogP contribution in [0.15, 0.2) is 0 Å². The van der Waals surface area contributed by atoms with Gasteiger partial charge in [0.1, 0.15) is 5.41 Å². The summed E-state index contributed by atoms with van der Waals surface area (Å²) in [7, 11) is 0. The van der Waals surface area contributed by atoms with Crippen molar-refractivity contribution in [2.24, 2.45) is 5.41 Å². The summed E-state index contributed by atoms with van der Waals surface area (Å²) < 4.78 is 0. The lowest BCUT2D eigenvalue weighted by atomic mass is 9.81. The van der Waals surface area contributed by atoms with Gasteiger partial charge in [-0.2, -0.15) is 5.26 Å². The molecule has 19 heavy (non-hydrogen) atoms. The van der Waals surface area contributed by atoms with Gasteiger partial charge in [-0.15, -0.1) is 0 Å². The number of nitriles is 1. The van der Waals surface area contributed by atoms with Crippen LogP contribution in [0.1, 0.15) is 51.4 Å². The van der Waals surface area contributed by atoms with E-state index in [1.54, 1.807) is 0 Å². The Morgan fingerprint density at radius 2 is 1.79 bits per heavy atom. The highest BCUT2D eigenvalue weighted by molar-refractivity contribution is 5.89.